The lowest BCUT2D eigenvalue weighted by Crippen LogP contribution is -2.11. The molecule has 1 amide bonds. The first-order valence-corrected chi connectivity index (χ1v) is 9.42. The summed E-state index contributed by atoms with van der Waals surface area (Å²) in [6.45, 7) is 2.00. The Hall–Kier alpha value is -3.57. The molecule has 0 aliphatic carbocycles. The number of anilines is 1. The van der Waals surface area contributed by atoms with Gasteiger partial charge in [0.05, 0.1) is 10.7 Å². The first-order chi connectivity index (χ1) is 14.1. The summed E-state index contributed by atoms with van der Waals surface area (Å²) in [7, 11) is 0. The Kier molecular flexibility index (Phi) is 4.11. The van der Waals surface area contributed by atoms with Crippen LogP contribution in [0.15, 0.2) is 75.6 Å². The molecule has 0 saturated carbocycles. The molecule has 0 bridgehead atoms. The lowest BCUT2D eigenvalue weighted by Gasteiger charge is -2.07. The van der Waals surface area contributed by atoms with Crippen molar-refractivity contribution in [1.29, 1.82) is 0 Å². The molecule has 6 heteroatoms. The fourth-order valence-corrected chi connectivity index (χ4v) is 3.35. The van der Waals surface area contributed by atoms with Gasteiger partial charge in [0.15, 0.2) is 11.3 Å². The number of nitrogens with one attached hydrogen (secondary N) is 1. The first-order valence-electron chi connectivity index (χ1n) is 9.04. The number of para-hydroxylation sites is 1. The maximum atomic E-state index is 12.7. The molecular formula is C23H15ClN2O3. The van der Waals surface area contributed by atoms with Crippen molar-refractivity contribution in [2.24, 2.45) is 0 Å². The van der Waals surface area contributed by atoms with Gasteiger partial charge in [-0.3, -0.25) is 4.79 Å². The Morgan fingerprint density at radius 1 is 0.966 bits per heavy atom. The molecule has 0 atom stereocenters. The van der Waals surface area contributed by atoms with Gasteiger partial charge in [-0.2, -0.15) is 0 Å². The van der Waals surface area contributed by atoms with Crippen LogP contribution < -0.4 is 5.32 Å². The zero-order chi connectivity index (χ0) is 20.0. The standard InChI is InChI=1S/C23H15ClN2O3/c1-13-6-9-17-20(10-13)29-23(26-17)15-7-8-16(24)18(11-15)25-22(27)21-12-14-4-2-3-5-19(14)28-21/h2-12H,1H3,(H,25,27). The predicted molar refractivity (Wildman–Crippen MR) is 113 cm³/mol. The van der Waals surface area contributed by atoms with E-state index < -0.39 is 0 Å². The van der Waals surface area contributed by atoms with Crippen molar-refractivity contribution in [1.82, 2.24) is 4.98 Å². The van der Waals surface area contributed by atoms with Crippen LogP contribution in [0, 0.1) is 6.92 Å². The van der Waals surface area contributed by atoms with E-state index in [1.807, 2.05) is 49.4 Å². The monoisotopic (exact) mass is 402 g/mol. The van der Waals surface area contributed by atoms with E-state index in [2.05, 4.69) is 10.3 Å². The highest BCUT2D eigenvalue weighted by molar-refractivity contribution is 6.34. The number of rotatable bonds is 3. The van der Waals surface area contributed by atoms with Crippen LogP contribution in [-0.4, -0.2) is 10.9 Å². The van der Waals surface area contributed by atoms with E-state index in [4.69, 9.17) is 20.4 Å². The van der Waals surface area contributed by atoms with Crippen LogP contribution >= 0.6 is 11.6 Å². The fraction of sp³-hybridized carbons (Fsp3) is 0.0435. The number of carbonyl (C=O) groups excluding carboxylic acids is 1. The zero-order valence-corrected chi connectivity index (χ0v) is 16.2. The SMILES string of the molecule is Cc1ccc2nc(-c3ccc(Cl)c(NC(=O)c4cc5ccccc5o4)c3)oc2c1. The van der Waals surface area contributed by atoms with Gasteiger partial charge < -0.3 is 14.2 Å². The van der Waals surface area contributed by atoms with Crippen LogP contribution in [0.2, 0.25) is 5.02 Å². The number of halogens is 1. The third-order valence-corrected chi connectivity index (χ3v) is 4.98. The van der Waals surface area contributed by atoms with Gasteiger partial charge in [-0.25, -0.2) is 4.98 Å². The third kappa shape index (κ3) is 3.26. The molecule has 0 fully saturated rings. The van der Waals surface area contributed by atoms with E-state index in [-0.39, 0.29) is 11.7 Å². The molecule has 0 spiro atoms. The number of benzene rings is 3. The van der Waals surface area contributed by atoms with Crippen LogP contribution in [0.5, 0.6) is 0 Å². The van der Waals surface area contributed by atoms with Crippen LogP contribution in [-0.2, 0) is 0 Å². The number of oxazole rings is 1. The van der Waals surface area contributed by atoms with E-state index in [0.717, 1.165) is 16.5 Å². The summed E-state index contributed by atoms with van der Waals surface area (Å²) in [5.74, 6) is 0.292. The number of amides is 1. The second kappa shape index (κ2) is 6.79. The summed E-state index contributed by atoms with van der Waals surface area (Å²) in [6, 6.07) is 20.2. The molecule has 142 valence electrons. The van der Waals surface area contributed by atoms with Crippen molar-refractivity contribution < 1.29 is 13.6 Å². The van der Waals surface area contributed by atoms with Crippen LogP contribution in [0.1, 0.15) is 16.1 Å². The second-order valence-corrected chi connectivity index (χ2v) is 7.19. The van der Waals surface area contributed by atoms with E-state index in [1.165, 1.54) is 0 Å². The Morgan fingerprint density at radius 3 is 2.69 bits per heavy atom. The number of hydrogen-bond acceptors (Lipinski definition) is 4. The van der Waals surface area contributed by atoms with Crippen molar-refractivity contribution in [3.63, 3.8) is 0 Å². The Morgan fingerprint density at radius 2 is 1.83 bits per heavy atom. The number of aryl methyl sites for hydroxylation is 1. The molecule has 0 aliphatic rings. The quantitative estimate of drug-likeness (QED) is 0.376. The van der Waals surface area contributed by atoms with Gasteiger partial charge in [0, 0.05) is 10.9 Å². The molecule has 0 radical (unpaired) electrons. The van der Waals surface area contributed by atoms with Crippen LogP contribution in [0.4, 0.5) is 5.69 Å². The summed E-state index contributed by atoms with van der Waals surface area (Å²) in [4.78, 5) is 17.2. The van der Waals surface area contributed by atoms with Crippen molar-refractivity contribution in [3.05, 3.63) is 83.1 Å². The molecule has 5 rings (SSSR count). The predicted octanol–water partition coefficient (Wildman–Crippen LogP) is 6.46. The summed E-state index contributed by atoms with van der Waals surface area (Å²) in [5.41, 5.74) is 4.39. The smallest absolute Gasteiger partial charge is 0.291 e. The minimum Gasteiger partial charge on any atom is -0.451 e. The second-order valence-electron chi connectivity index (χ2n) is 6.79. The van der Waals surface area contributed by atoms with Crippen molar-refractivity contribution in [2.75, 3.05) is 5.32 Å². The largest absolute Gasteiger partial charge is 0.451 e. The zero-order valence-electron chi connectivity index (χ0n) is 15.4. The number of carbonyl (C=O) groups is 1. The fourth-order valence-electron chi connectivity index (χ4n) is 3.19. The van der Waals surface area contributed by atoms with Gasteiger partial charge in [-0.1, -0.05) is 35.9 Å². The molecular weight excluding hydrogens is 388 g/mol. The van der Waals surface area contributed by atoms with Gasteiger partial charge in [0.25, 0.3) is 5.91 Å². The highest BCUT2D eigenvalue weighted by atomic mass is 35.5. The van der Waals surface area contributed by atoms with Gasteiger partial charge >= 0.3 is 0 Å². The molecule has 0 unspecified atom stereocenters. The number of nitrogens with zero attached hydrogens (tertiary/aromatic N) is 1. The Bertz CT molecular complexity index is 1350. The molecule has 2 heterocycles. The van der Waals surface area contributed by atoms with E-state index >= 15 is 0 Å². The topological polar surface area (TPSA) is 68.3 Å². The molecule has 29 heavy (non-hydrogen) atoms. The van der Waals surface area contributed by atoms with Gasteiger partial charge in [-0.15, -0.1) is 0 Å². The van der Waals surface area contributed by atoms with Gasteiger partial charge in [0.1, 0.15) is 11.1 Å². The minimum absolute atomic E-state index is 0.213. The van der Waals surface area contributed by atoms with Crippen LogP contribution in [0.25, 0.3) is 33.5 Å². The lowest BCUT2D eigenvalue weighted by molar-refractivity contribution is 0.0998. The number of furan rings is 1. The maximum Gasteiger partial charge on any atom is 0.291 e. The molecule has 0 aliphatic heterocycles. The highest BCUT2D eigenvalue weighted by Gasteiger charge is 2.16. The molecule has 5 aromatic rings. The Balaban J connectivity index is 1.47. The molecule has 5 nitrogen and oxygen atoms in total. The lowest BCUT2D eigenvalue weighted by atomic mass is 10.2. The molecule has 2 aromatic heterocycles. The van der Waals surface area contributed by atoms with E-state index in [0.29, 0.717) is 33.3 Å². The van der Waals surface area contributed by atoms with E-state index in [9.17, 15) is 4.79 Å². The Labute approximate surface area is 170 Å². The van der Waals surface area contributed by atoms with Crippen molar-refractivity contribution >= 4 is 45.3 Å². The third-order valence-electron chi connectivity index (χ3n) is 4.65. The minimum atomic E-state index is -0.381. The van der Waals surface area contributed by atoms with Crippen molar-refractivity contribution in [3.8, 4) is 11.5 Å². The average Bonchev–Trinajstić information content (AvgIpc) is 3.33. The normalized spacial score (nSPS) is 11.2. The van der Waals surface area contributed by atoms with Gasteiger partial charge in [-0.05, 0) is 55.0 Å². The molecule has 3 aromatic carbocycles. The highest BCUT2D eigenvalue weighted by Crippen LogP contribution is 2.31. The number of aromatic nitrogens is 1. The van der Waals surface area contributed by atoms with Gasteiger partial charge in [0.2, 0.25) is 5.89 Å². The summed E-state index contributed by atoms with van der Waals surface area (Å²) in [6.07, 6.45) is 0. The average molecular weight is 403 g/mol. The summed E-state index contributed by atoms with van der Waals surface area (Å²) < 4.78 is 11.5. The summed E-state index contributed by atoms with van der Waals surface area (Å²) in [5, 5.41) is 4.07. The number of fused-ring (bicyclic) bond motifs is 2. The maximum absolute atomic E-state index is 12.7. The molecule has 0 saturated heterocycles. The summed E-state index contributed by atoms with van der Waals surface area (Å²) >= 11 is 6.30. The van der Waals surface area contributed by atoms with Crippen LogP contribution in [0.3, 0.4) is 0 Å². The van der Waals surface area contributed by atoms with Crippen molar-refractivity contribution in [2.45, 2.75) is 6.92 Å². The first kappa shape index (κ1) is 17.5. The molecule has 1 N–H and O–H groups in total. The number of hydrogen-bond donors (Lipinski definition) is 1. The van der Waals surface area contributed by atoms with E-state index in [1.54, 1.807) is 24.3 Å².